The molecular formula is C26H26N4O2S2. The molecule has 2 saturated heterocycles. The zero-order valence-corrected chi connectivity index (χ0v) is 20.6. The number of carbonyl (C=O) groups is 1. The Hall–Kier alpha value is -2.97. The fourth-order valence-corrected chi connectivity index (χ4v) is 5.68. The molecule has 1 aromatic carbocycles. The predicted molar refractivity (Wildman–Crippen MR) is 142 cm³/mol. The van der Waals surface area contributed by atoms with E-state index < -0.39 is 0 Å². The van der Waals surface area contributed by atoms with E-state index in [1.54, 1.807) is 17.2 Å². The molecule has 0 bridgehead atoms. The molecule has 0 N–H and O–H groups in total. The van der Waals surface area contributed by atoms with Gasteiger partial charge in [0.05, 0.1) is 10.5 Å². The molecule has 5 rings (SSSR count). The van der Waals surface area contributed by atoms with Crippen LogP contribution in [0.5, 0.6) is 0 Å². The summed E-state index contributed by atoms with van der Waals surface area (Å²) < 4.78 is 2.06. The molecule has 0 atom stereocenters. The highest BCUT2D eigenvalue weighted by Crippen LogP contribution is 2.34. The molecular weight excluding hydrogens is 464 g/mol. The Morgan fingerprint density at radius 1 is 1.09 bits per heavy atom. The second-order valence-corrected chi connectivity index (χ2v) is 10.5. The average molecular weight is 491 g/mol. The highest BCUT2D eigenvalue weighted by Gasteiger charge is 2.33. The van der Waals surface area contributed by atoms with Crippen molar-refractivity contribution in [1.29, 1.82) is 0 Å². The van der Waals surface area contributed by atoms with Gasteiger partial charge in [-0.1, -0.05) is 67.3 Å². The zero-order chi connectivity index (χ0) is 23.7. The minimum absolute atomic E-state index is 0.151. The van der Waals surface area contributed by atoms with Crippen LogP contribution in [-0.4, -0.2) is 44.1 Å². The van der Waals surface area contributed by atoms with Crippen molar-refractivity contribution in [2.24, 2.45) is 5.92 Å². The third-order valence-corrected chi connectivity index (χ3v) is 7.83. The van der Waals surface area contributed by atoms with Crippen molar-refractivity contribution in [2.75, 3.05) is 24.5 Å². The SMILES string of the molecule is CC1CCN(c2nc3ccccn3c(=O)c2/C=C2\SC(=S)N(CCc3ccccc3)C2=O)CC1. The summed E-state index contributed by atoms with van der Waals surface area (Å²) >= 11 is 6.78. The molecule has 2 aliphatic heterocycles. The van der Waals surface area contributed by atoms with Crippen molar-refractivity contribution < 1.29 is 4.79 Å². The highest BCUT2D eigenvalue weighted by atomic mass is 32.2. The Labute approximate surface area is 208 Å². The van der Waals surface area contributed by atoms with Crippen molar-refractivity contribution in [3.05, 3.63) is 81.1 Å². The van der Waals surface area contributed by atoms with Crippen LogP contribution in [0.25, 0.3) is 11.7 Å². The van der Waals surface area contributed by atoms with E-state index in [-0.39, 0.29) is 11.5 Å². The van der Waals surface area contributed by atoms with Crippen molar-refractivity contribution in [1.82, 2.24) is 14.3 Å². The van der Waals surface area contributed by atoms with Crippen LogP contribution >= 0.6 is 24.0 Å². The topological polar surface area (TPSA) is 57.9 Å². The van der Waals surface area contributed by atoms with Crippen molar-refractivity contribution >= 4 is 51.7 Å². The summed E-state index contributed by atoms with van der Waals surface area (Å²) in [7, 11) is 0. The maximum atomic E-state index is 13.5. The quantitative estimate of drug-likeness (QED) is 0.391. The van der Waals surface area contributed by atoms with Gasteiger partial charge in [0.2, 0.25) is 0 Å². The molecule has 6 nitrogen and oxygen atoms in total. The standard InChI is InChI=1S/C26H26N4O2S2/c1-18-10-14-28(15-11-18)23-20(24(31)29-13-6-5-9-22(29)27-23)17-21-25(32)30(26(33)34-21)16-12-19-7-3-2-4-8-19/h2-9,13,17-18H,10-12,14-16H2,1H3/b21-17-. The molecule has 0 aliphatic carbocycles. The van der Waals surface area contributed by atoms with Gasteiger partial charge in [-0.25, -0.2) is 4.98 Å². The number of rotatable bonds is 5. The number of amides is 1. The number of hydrogen-bond donors (Lipinski definition) is 0. The number of piperidine rings is 1. The molecule has 2 aromatic heterocycles. The molecule has 2 fully saturated rings. The van der Waals surface area contributed by atoms with E-state index in [0.717, 1.165) is 37.9 Å². The van der Waals surface area contributed by atoms with Crippen molar-refractivity contribution in [2.45, 2.75) is 26.2 Å². The van der Waals surface area contributed by atoms with Gasteiger partial charge in [0.25, 0.3) is 11.5 Å². The average Bonchev–Trinajstić information content (AvgIpc) is 3.12. The number of benzene rings is 1. The van der Waals surface area contributed by atoms with E-state index in [0.29, 0.717) is 38.7 Å². The smallest absolute Gasteiger partial charge is 0.267 e. The Bertz CT molecular complexity index is 1330. The van der Waals surface area contributed by atoms with E-state index in [4.69, 9.17) is 17.2 Å². The molecule has 8 heteroatoms. The van der Waals surface area contributed by atoms with Crippen molar-refractivity contribution in [3.8, 4) is 0 Å². The normalized spacial score (nSPS) is 18.4. The summed E-state index contributed by atoms with van der Waals surface area (Å²) in [4.78, 5) is 35.9. The number of nitrogens with zero attached hydrogens (tertiary/aromatic N) is 4. The van der Waals surface area contributed by atoms with Gasteiger partial charge in [-0.2, -0.15) is 0 Å². The lowest BCUT2D eigenvalue weighted by Crippen LogP contribution is -2.36. The van der Waals surface area contributed by atoms with Crippen LogP contribution in [0.15, 0.2) is 64.4 Å². The van der Waals surface area contributed by atoms with E-state index in [2.05, 4.69) is 11.8 Å². The van der Waals surface area contributed by atoms with Gasteiger partial charge in [-0.05, 0) is 49.0 Å². The Balaban J connectivity index is 1.49. The number of pyridine rings is 1. The number of fused-ring (bicyclic) bond motifs is 1. The maximum absolute atomic E-state index is 13.5. The van der Waals surface area contributed by atoms with Crippen LogP contribution < -0.4 is 10.5 Å². The number of anilines is 1. The third-order valence-electron chi connectivity index (χ3n) is 6.45. The number of thioether (sulfide) groups is 1. The first-order valence-corrected chi connectivity index (χ1v) is 12.8. The second kappa shape index (κ2) is 9.72. The summed E-state index contributed by atoms with van der Waals surface area (Å²) in [5, 5.41) is 0. The molecule has 174 valence electrons. The minimum atomic E-state index is -0.172. The van der Waals surface area contributed by atoms with Crippen LogP contribution in [-0.2, 0) is 11.2 Å². The molecule has 0 saturated carbocycles. The van der Waals surface area contributed by atoms with Gasteiger partial charge in [0.1, 0.15) is 15.8 Å². The van der Waals surface area contributed by atoms with Crippen LogP contribution in [0, 0.1) is 5.92 Å². The van der Waals surface area contributed by atoms with Crippen LogP contribution in [0.1, 0.15) is 30.9 Å². The lowest BCUT2D eigenvalue weighted by molar-refractivity contribution is -0.122. The van der Waals surface area contributed by atoms with Crippen molar-refractivity contribution in [3.63, 3.8) is 0 Å². The number of aromatic nitrogens is 2. The lowest BCUT2D eigenvalue weighted by atomic mass is 9.99. The molecule has 0 spiro atoms. The number of hydrogen-bond acceptors (Lipinski definition) is 6. The Morgan fingerprint density at radius 3 is 2.59 bits per heavy atom. The van der Waals surface area contributed by atoms with Crippen LogP contribution in [0.2, 0.25) is 0 Å². The number of carbonyl (C=O) groups excluding carboxylic acids is 1. The first-order valence-electron chi connectivity index (χ1n) is 11.6. The maximum Gasteiger partial charge on any atom is 0.267 e. The van der Waals surface area contributed by atoms with E-state index in [1.807, 2.05) is 48.5 Å². The van der Waals surface area contributed by atoms with Gasteiger partial charge in [0.15, 0.2) is 0 Å². The largest absolute Gasteiger partial charge is 0.356 e. The summed E-state index contributed by atoms with van der Waals surface area (Å²) in [6.45, 7) is 4.45. The first-order chi connectivity index (χ1) is 16.5. The molecule has 3 aromatic rings. The highest BCUT2D eigenvalue weighted by molar-refractivity contribution is 8.26. The lowest BCUT2D eigenvalue weighted by Gasteiger charge is -2.32. The zero-order valence-electron chi connectivity index (χ0n) is 19.0. The van der Waals surface area contributed by atoms with E-state index >= 15 is 0 Å². The Morgan fingerprint density at radius 2 is 1.82 bits per heavy atom. The summed E-state index contributed by atoms with van der Waals surface area (Å²) in [5.41, 5.74) is 2.03. The van der Waals surface area contributed by atoms with E-state index in [9.17, 15) is 9.59 Å². The molecule has 1 amide bonds. The van der Waals surface area contributed by atoms with Crippen LogP contribution in [0.4, 0.5) is 5.82 Å². The first kappa shape index (κ1) is 22.8. The fraction of sp³-hybridized carbons (Fsp3) is 0.308. The summed E-state index contributed by atoms with van der Waals surface area (Å²) in [6.07, 6.45) is 6.24. The van der Waals surface area contributed by atoms with Gasteiger partial charge in [0, 0.05) is 25.8 Å². The van der Waals surface area contributed by atoms with Gasteiger partial charge >= 0.3 is 0 Å². The summed E-state index contributed by atoms with van der Waals surface area (Å²) in [6, 6.07) is 15.6. The van der Waals surface area contributed by atoms with Gasteiger partial charge in [-0.15, -0.1) is 0 Å². The molecule has 0 unspecified atom stereocenters. The van der Waals surface area contributed by atoms with Gasteiger partial charge < -0.3 is 4.90 Å². The summed E-state index contributed by atoms with van der Waals surface area (Å²) in [5.74, 6) is 1.15. The van der Waals surface area contributed by atoms with E-state index in [1.165, 1.54) is 16.2 Å². The van der Waals surface area contributed by atoms with Crippen LogP contribution in [0.3, 0.4) is 0 Å². The monoisotopic (exact) mass is 490 g/mol. The molecule has 0 radical (unpaired) electrons. The second-order valence-electron chi connectivity index (χ2n) is 8.82. The molecule has 4 heterocycles. The Kier molecular flexibility index (Phi) is 6.52. The number of thiocarbonyl (C=S) groups is 1. The molecule has 2 aliphatic rings. The predicted octanol–water partition coefficient (Wildman–Crippen LogP) is 4.37. The van der Waals surface area contributed by atoms with Gasteiger partial charge in [-0.3, -0.25) is 18.9 Å². The third kappa shape index (κ3) is 4.52. The molecule has 34 heavy (non-hydrogen) atoms. The fourth-order valence-electron chi connectivity index (χ4n) is 4.39. The minimum Gasteiger partial charge on any atom is -0.356 e.